The molecule has 0 amide bonds. The number of nitrogens with zero attached hydrogens (tertiary/aromatic N) is 1. The molecule has 1 fully saturated rings. The zero-order valence-corrected chi connectivity index (χ0v) is 14.4. The van der Waals surface area contributed by atoms with Crippen molar-refractivity contribution in [3.05, 3.63) is 34.3 Å². The molecule has 0 aromatic heterocycles. The Morgan fingerprint density at radius 3 is 2.52 bits per heavy atom. The number of guanidine groups is 1. The summed E-state index contributed by atoms with van der Waals surface area (Å²) in [6, 6.07) is 8.71. The maximum Gasteiger partial charge on any atom is 0.191 e. The maximum atomic E-state index is 5.05. The van der Waals surface area contributed by atoms with E-state index in [0.717, 1.165) is 23.5 Å². The summed E-state index contributed by atoms with van der Waals surface area (Å²) in [7, 11) is 3.50. The SMILES string of the molecule is CN=C(NCCOC)NCC1(c2ccc(Br)cc2)CCC1. The van der Waals surface area contributed by atoms with Crippen LogP contribution in [0, 0.1) is 0 Å². The van der Waals surface area contributed by atoms with E-state index < -0.39 is 0 Å². The summed E-state index contributed by atoms with van der Waals surface area (Å²) < 4.78 is 6.18. The molecule has 0 radical (unpaired) electrons. The van der Waals surface area contributed by atoms with Crippen LogP contribution in [0.15, 0.2) is 33.7 Å². The first-order chi connectivity index (χ1) is 10.2. The highest BCUT2D eigenvalue weighted by molar-refractivity contribution is 9.10. The highest BCUT2D eigenvalue weighted by atomic mass is 79.9. The second-order valence-electron chi connectivity index (χ2n) is 5.49. The zero-order valence-electron chi connectivity index (χ0n) is 12.8. The minimum absolute atomic E-state index is 0.250. The molecule has 0 spiro atoms. The normalized spacial score (nSPS) is 17.2. The predicted molar refractivity (Wildman–Crippen MR) is 90.9 cm³/mol. The molecule has 0 aliphatic heterocycles. The number of aliphatic imine (C=N–C) groups is 1. The number of halogens is 1. The number of benzene rings is 1. The zero-order chi connectivity index (χ0) is 15.1. The lowest BCUT2D eigenvalue weighted by Gasteiger charge is -2.43. The lowest BCUT2D eigenvalue weighted by Crippen LogP contribution is -2.49. The summed E-state index contributed by atoms with van der Waals surface area (Å²) in [5, 5.41) is 6.71. The Bertz CT molecular complexity index is 469. The van der Waals surface area contributed by atoms with Gasteiger partial charge in [-0.05, 0) is 30.5 Å². The third-order valence-electron chi connectivity index (χ3n) is 4.18. The first-order valence-electron chi connectivity index (χ1n) is 7.40. The first-order valence-corrected chi connectivity index (χ1v) is 8.19. The minimum atomic E-state index is 0.250. The summed E-state index contributed by atoms with van der Waals surface area (Å²) in [5.41, 5.74) is 1.66. The van der Waals surface area contributed by atoms with Crippen LogP contribution in [-0.4, -0.2) is 39.8 Å². The first kappa shape index (κ1) is 16.3. The van der Waals surface area contributed by atoms with Gasteiger partial charge >= 0.3 is 0 Å². The van der Waals surface area contributed by atoms with Gasteiger partial charge in [0.05, 0.1) is 6.61 Å². The molecule has 0 atom stereocenters. The molecule has 1 aliphatic carbocycles. The lowest BCUT2D eigenvalue weighted by molar-refractivity contribution is 0.203. The third kappa shape index (κ3) is 4.20. The third-order valence-corrected chi connectivity index (χ3v) is 4.71. The van der Waals surface area contributed by atoms with E-state index in [-0.39, 0.29) is 5.41 Å². The number of rotatable bonds is 6. The molecular formula is C16H24BrN3O. The molecule has 1 aromatic rings. The van der Waals surface area contributed by atoms with Crippen molar-refractivity contribution < 1.29 is 4.74 Å². The fourth-order valence-electron chi connectivity index (χ4n) is 2.72. The quantitative estimate of drug-likeness (QED) is 0.469. The van der Waals surface area contributed by atoms with Crippen molar-refractivity contribution >= 4 is 21.9 Å². The summed E-state index contributed by atoms with van der Waals surface area (Å²) in [5.74, 6) is 0.843. The summed E-state index contributed by atoms with van der Waals surface area (Å²) in [4.78, 5) is 4.26. The van der Waals surface area contributed by atoms with Gasteiger partial charge in [-0.3, -0.25) is 4.99 Å². The average molecular weight is 354 g/mol. The lowest BCUT2D eigenvalue weighted by atomic mass is 9.64. The van der Waals surface area contributed by atoms with E-state index in [9.17, 15) is 0 Å². The van der Waals surface area contributed by atoms with Gasteiger partial charge in [0.2, 0.25) is 0 Å². The Kier molecular flexibility index (Phi) is 6.06. The molecule has 1 aromatic carbocycles. The molecule has 0 bridgehead atoms. The number of hydrogen-bond donors (Lipinski definition) is 2. The number of ether oxygens (including phenoxy) is 1. The van der Waals surface area contributed by atoms with Crippen LogP contribution in [0.4, 0.5) is 0 Å². The van der Waals surface area contributed by atoms with Gasteiger partial charge in [-0.15, -0.1) is 0 Å². The van der Waals surface area contributed by atoms with Gasteiger partial charge in [0.1, 0.15) is 0 Å². The second-order valence-corrected chi connectivity index (χ2v) is 6.40. The molecule has 1 saturated carbocycles. The fourth-order valence-corrected chi connectivity index (χ4v) is 2.98. The average Bonchev–Trinajstić information content (AvgIpc) is 2.46. The van der Waals surface area contributed by atoms with Crippen LogP contribution in [-0.2, 0) is 10.2 Å². The number of nitrogens with one attached hydrogen (secondary N) is 2. The molecule has 116 valence electrons. The van der Waals surface area contributed by atoms with Crippen molar-refractivity contribution in [1.29, 1.82) is 0 Å². The Hall–Kier alpha value is -1.07. The largest absolute Gasteiger partial charge is 0.383 e. The molecule has 2 rings (SSSR count). The van der Waals surface area contributed by atoms with Crippen molar-refractivity contribution in [2.75, 3.05) is 33.9 Å². The van der Waals surface area contributed by atoms with Crippen molar-refractivity contribution in [2.45, 2.75) is 24.7 Å². The topological polar surface area (TPSA) is 45.7 Å². The smallest absolute Gasteiger partial charge is 0.191 e. The van der Waals surface area contributed by atoms with Crippen molar-refractivity contribution in [2.24, 2.45) is 4.99 Å². The van der Waals surface area contributed by atoms with Crippen molar-refractivity contribution in [1.82, 2.24) is 10.6 Å². The summed E-state index contributed by atoms with van der Waals surface area (Å²) in [6.07, 6.45) is 3.76. The number of hydrogen-bond acceptors (Lipinski definition) is 2. The fraction of sp³-hybridized carbons (Fsp3) is 0.562. The Labute approximate surface area is 135 Å². The van der Waals surface area contributed by atoms with Crippen molar-refractivity contribution in [3.63, 3.8) is 0 Å². The molecule has 5 heteroatoms. The van der Waals surface area contributed by atoms with Crippen LogP contribution in [0.5, 0.6) is 0 Å². The molecule has 0 heterocycles. The molecule has 0 saturated heterocycles. The van der Waals surface area contributed by atoms with Gasteiger partial charge in [-0.1, -0.05) is 34.5 Å². The van der Waals surface area contributed by atoms with E-state index in [1.807, 2.05) is 0 Å². The monoisotopic (exact) mass is 353 g/mol. The van der Waals surface area contributed by atoms with Crippen LogP contribution in [0.25, 0.3) is 0 Å². The van der Waals surface area contributed by atoms with Crippen molar-refractivity contribution in [3.8, 4) is 0 Å². The van der Waals surface area contributed by atoms with E-state index in [4.69, 9.17) is 4.74 Å². The molecule has 1 aliphatic rings. The Morgan fingerprint density at radius 1 is 1.29 bits per heavy atom. The van der Waals surface area contributed by atoms with E-state index in [0.29, 0.717) is 6.61 Å². The second kappa shape index (κ2) is 7.80. The van der Waals surface area contributed by atoms with Crippen LogP contribution >= 0.6 is 15.9 Å². The molecule has 4 nitrogen and oxygen atoms in total. The Balaban J connectivity index is 1.94. The number of methoxy groups -OCH3 is 1. The van der Waals surface area contributed by atoms with E-state index >= 15 is 0 Å². The predicted octanol–water partition coefficient (Wildman–Crippen LogP) is 2.68. The van der Waals surface area contributed by atoms with Gasteiger partial charge in [0.25, 0.3) is 0 Å². The van der Waals surface area contributed by atoms with Gasteiger partial charge in [-0.25, -0.2) is 0 Å². The minimum Gasteiger partial charge on any atom is -0.383 e. The van der Waals surface area contributed by atoms with Crippen LogP contribution in [0.1, 0.15) is 24.8 Å². The summed E-state index contributed by atoms with van der Waals surface area (Å²) in [6.45, 7) is 2.36. The van der Waals surface area contributed by atoms with Crippen LogP contribution in [0.3, 0.4) is 0 Å². The molecule has 21 heavy (non-hydrogen) atoms. The van der Waals surface area contributed by atoms with Gasteiger partial charge in [0.15, 0.2) is 5.96 Å². The molecule has 0 unspecified atom stereocenters. The van der Waals surface area contributed by atoms with Gasteiger partial charge < -0.3 is 15.4 Å². The summed E-state index contributed by atoms with van der Waals surface area (Å²) >= 11 is 3.50. The maximum absolute atomic E-state index is 5.05. The standard InChI is InChI=1S/C16H24BrN3O/c1-18-15(19-10-11-21-2)20-12-16(8-3-9-16)13-4-6-14(17)7-5-13/h4-7H,3,8-12H2,1-2H3,(H2,18,19,20). The molecule has 2 N–H and O–H groups in total. The van der Waals surface area contributed by atoms with Crippen LogP contribution in [0.2, 0.25) is 0 Å². The van der Waals surface area contributed by atoms with E-state index in [1.54, 1.807) is 14.2 Å². The highest BCUT2D eigenvalue weighted by Crippen LogP contribution is 2.43. The van der Waals surface area contributed by atoms with Gasteiger partial charge in [-0.2, -0.15) is 0 Å². The highest BCUT2D eigenvalue weighted by Gasteiger charge is 2.38. The Morgan fingerprint density at radius 2 is 2.00 bits per heavy atom. The van der Waals surface area contributed by atoms with Gasteiger partial charge in [0, 0.05) is 37.1 Å². The van der Waals surface area contributed by atoms with E-state index in [2.05, 4.69) is 55.8 Å². The molecular weight excluding hydrogens is 330 g/mol. The van der Waals surface area contributed by atoms with Crippen LogP contribution < -0.4 is 10.6 Å². The van der Waals surface area contributed by atoms with E-state index in [1.165, 1.54) is 24.8 Å².